The van der Waals surface area contributed by atoms with Crippen LogP contribution in [0.15, 0.2) is 18.2 Å². The number of fused-ring (bicyclic) bond motifs is 1. The van der Waals surface area contributed by atoms with Crippen molar-refractivity contribution in [2.45, 2.75) is 52.1 Å². The highest BCUT2D eigenvalue weighted by Gasteiger charge is 2.62. The van der Waals surface area contributed by atoms with Gasteiger partial charge in [0.05, 0.1) is 11.6 Å². The lowest BCUT2D eigenvalue weighted by Gasteiger charge is -2.59. The number of hydrogen-bond donors (Lipinski definition) is 1. The fourth-order valence-corrected chi connectivity index (χ4v) is 4.95. The lowest BCUT2D eigenvalue weighted by molar-refractivity contribution is -0.141. The summed E-state index contributed by atoms with van der Waals surface area (Å²) in [7, 11) is 0. The summed E-state index contributed by atoms with van der Waals surface area (Å²) < 4.78 is 15.1. The van der Waals surface area contributed by atoms with Crippen LogP contribution in [0.3, 0.4) is 0 Å². The van der Waals surface area contributed by atoms with Gasteiger partial charge in [0.25, 0.3) is 0 Å². The highest BCUT2D eigenvalue weighted by Crippen LogP contribution is 2.54. The van der Waals surface area contributed by atoms with E-state index in [1.165, 1.54) is 11.0 Å². The van der Waals surface area contributed by atoms with Crippen molar-refractivity contribution in [1.29, 1.82) is 0 Å². The molecule has 2 aliphatic heterocycles. The molecule has 1 N–H and O–H groups in total. The number of piperazine rings is 1. The van der Waals surface area contributed by atoms with Gasteiger partial charge in [0.1, 0.15) is 5.82 Å². The molecule has 2 atom stereocenters. The molecule has 6 heteroatoms. The van der Waals surface area contributed by atoms with Crippen LogP contribution in [0.2, 0.25) is 0 Å². The predicted octanol–water partition coefficient (Wildman–Crippen LogP) is 3.36. The second-order valence-electron chi connectivity index (χ2n) is 8.02. The Balaban J connectivity index is 2.37. The van der Waals surface area contributed by atoms with Crippen molar-refractivity contribution in [3.63, 3.8) is 0 Å². The lowest BCUT2D eigenvalue weighted by Crippen LogP contribution is -2.71. The molecular weight excluding hydrogens is 323 g/mol. The van der Waals surface area contributed by atoms with E-state index in [1.54, 1.807) is 11.0 Å². The van der Waals surface area contributed by atoms with Gasteiger partial charge >= 0.3 is 6.09 Å². The molecule has 2 amide bonds. The van der Waals surface area contributed by atoms with Crippen molar-refractivity contribution < 1.29 is 19.1 Å². The summed E-state index contributed by atoms with van der Waals surface area (Å²) in [6.45, 7) is 8.15. The minimum absolute atomic E-state index is 0.0256. The van der Waals surface area contributed by atoms with Gasteiger partial charge in [-0.1, -0.05) is 32.9 Å². The summed E-state index contributed by atoms with van der Waals surface area (Å²) in [5.41, 5.74) is -0.623. The van der Waals surface area contributed by atoms with E-state index in [4.69, 9.17) is 0 Å². The summed E-state index contributed by atoms with van der Waals surface area (Å²) >= 11 is 0. The standard InChI is InChI=1S/C19H25FN2O3/c1-12-6-5-7-13(20)16(12)19(18(2,3)4)14-8-9-15(23)21(14)10-11-22(19)17(24)25/h5-7,14H,8-11H2,1-4H3,(H,24,25)/t14-,19+/m0/s1. The second kappa shape index (κ2) is 5.71. The first-order valence-electron chi connectivity index (χ1n) is 8.68. The number of carbonyl (C=O) groups is 2. The largest absolute Gasteiger partial charge is 0.465 e. The SMILES string of the molecule is Cc1cccc(F)c1[C@@]1(C(C)(C)C)[C@@H]2CCC(=O)N2CCN1C(=O)O. The molecule has 0 unspecified atom stereocenters. The maximum Gasteiger partial charge on any atom is 0.408 e. The molecule has 2 fully saturated rings. The number of carbonyl (C=O) groups excluding carboxylic acids is 1. The first-order chi connectivity index (χ1) is 11.6. The minimum atomic E-state index is -1.13. The Hall–Kier alpha value is -2.11. The van der Waals surface area contributed by atoms with E-state index in [2.05, 4.69) is 0 Å². The zero-order valence-corrected chi connectivity index (χ0v) is 15.2. The average molecular weight is 348 g/mol. The van der Waals surface area contributed by atoms with Crippen LogP contribution in [-0.4, -0.2) is 46.0 Å². The monoisotopic (exact) mass is 348 g/mol. The maximum atomic E-state index is 15.1. The maximum absolute atomic E-state index is 15.1. The molecule has 0 aromatic heterocycles. The normalized spacial score (nSPS) is 26.8. The minimum Gasteiger partial charge on any atom is -0.465 e. The molecule has 0 spiro atoms. The molecule has 2 heterocycles. The van der Waals surface area contributed by atoms with Crippen LogP contribution < -0.4 is 0 Å². The Bertz CT molecular complexity index is 708. The number of rotatable bonds is 1. The van der Waals surface area contributed by atoms with E-state index in [9.17, 15) is 14.7 Å². The summed E-state index contributed by atoms with van der Waals surface area (Å²) in [5, 5.41) is 9.97. The Morgan fingerprint density at radius 1 is 1.32 bits per heavy atom. The van der Waals surface area contributed by atoms with Crippen LogP contribution in [0.4, 0.5) is 9.18 Å². The van der Waals surface area contributed by atoms with Crippen LogP contribution in [0.25, 0.3) is 0 Å². The van der Waals surface area contributed by atoms with Gasteiger partial charge in [0.2, 0.25) is 5.91 Å². The van der Waals surface area contributed by atoms with Crippen LogP contribution in [0.5, 0.6) is 0 Å². The Labute approximate surface area is 147 Å². The fourth-order valence-electron chi connectivity index (χ4n) is 4.95. The highest BCUT2D eigenvalue weighted by atomic mass is 19.1. The lowest BCUT2D eigenvalue weighted by atomic mass is 9.61. The molecule has 0 aliphatic carbocycles. The molecule has 0 bridgehead atoms. The first kappa shape index (κ1) is 17.7. The van der Waals surface area contributed by atoms with Gasteiger partial charge in [0.15, 0.2) is 0 Å². The van der Waals surface area contributed by atoms with Crippen molar-refractivity contribution in [3.8, 4) is 0 Å². The van der Waals surface area contributed by atoms with Crippen LogP contribution in [-0.2, 0) is 10.3 Å². The van der Waals surface area contributed by atoms with Crippen molar-refractivity contribution in [3.05, 3.63) is 35.1 Å². The second-order valence-corrected chi connectivity index (χ2v) is 8.02. The van der Waals surface area contributed by atoms with E-state index < -0.39 is 22.9 Å². The average Bonchev–Trinajstić information content (AvgIpc) is 2.87. The number of benzene rings is 1. The number of halogens is 1. The van der Waals surface area contributed by atoms with Gasteiger partial charge in [-0.2, -0.15) is 0 Å². The van der Waals surface area contributed by atoms with E-state index >= 15 is 4.39 Å². The molecular formula is C19H25FN2O3. The molecule has 5 nitrogen and oxygen atoms in total. The fraction of sp³-hybridized carbons (Fsp3) is 0.579. The van der Waals surface area contributed by atoms with Crippen molar-refractivity contribution in [1.82, 2.24) is 9.80 Å². The van der Waals surface area contributed by atoms with Crippen LogP contribution >= 0.6 is 0 Å². The Morgan fingerprint density at radius 3 is 2.56 bits per heavy atom. The number of amides is 2. The molecule has 0 radical (unpaired) electrons. The van der Waals surface area contributed by atoms with Crippen LogP contribution in [0, 0.1) is 18.2 Å². The Morgan fingerprint density at radius 2 is 2.00 bits per heavy atom. The van der Waals surface area contributed by atoms with Gasteiger partial charge < -0.3 is 10.0 Å². The number of carboxylic acid groups (broad SMARTS) is 1. The quantitative estimate of drug-likeness (QED) is 0.846. The van der Waals surface area contributed by atoms with Gasteiger partial charge in [-0.05, 0) is 30.4 Å². The zero-order chi connectivity index (χ0) is 18.6. The van der Waals surface area contributed by atoms with E-state index in [0.29, 0.717) is 30.5 Å². The molecule has 2 saturated heterocycles. The molecule has 2 aliphatic rings. The van der Waals surface area contributed by atoms with Gasteiger partial charge in [-0.3, -0.25) is 9.69 Å². The van der Waals surface area contributed by atoms with Gasteiger partial charge in [-0.25, -0.2) is 9.18 Å². The van der Waals surface area contributed by atoms with E-state index in [-0.39, 0.29) is 18.5 Å². The number of nitrogens with zero attached hydrogens (tertiary/aromatic N) is 2. The molecule has 1 aromatic rings. The topological polar surface area (TPSA) is 60.9 Å². The zero-order valence-electron chi connectivity index (χ0n) is 15.2. The van der Waals surface area contributed by atoms with E-state index in [1.807, 2.05) is 33.8 Å². The third kappa shape index (κ3) is 2.34. The number of hydrogen-bond acceptors (Lipinski definition) is 2. The summed E-state index contributed by atoms with van der Waals surface area (Å²) in [6, 6.07) is 4.46. The van der Waals surface area contributed by atoms with Crippen molar-refractivity contribution >= 4 is 12.0 Å². The molecule has 3 rings (SSSR count). The molecule has 136 valence electrons. The Kier molecular flexibility index (Phi) is 4.05. The third-order valence-corrected chi connectivity index (χ3v) is 5.78. The number of aryl methyl sites for hydroxylation is 1. The first-order valence-corrected chi connectivity index (χ1v) is 8.68. The van der Waals surface area contributed by atoms with Crippen molar-refractivity contribution in [2.24, 2.45) is 5.41 Å². The summed E-state index contributed by atoms with van der Waals surface area (Å²) in [6.07, 6.45) is -0.159. The van der Waals surface area contributed by atoms with Gasteiger partial charge in [0, 0.05) is 25.1 Å². The molecule has 1 aromatic carbocycles. The highest BCUT2D eigenvalue weighted by molar-refractivity contribution is 5.80. The third-order valence-electron chi connectivity index (χ3n) is 5.78. The molecule has 25 heavy (non-hydrogen) atoms. The van der Waals surface area contributed by atoms with E-state index in [0.717, 1.165) is 0 Å². The van der Waals surface area contributed by atoms with Gasteiger partial charge in [-0.15, -0.1) is 0 Å². The molecule has 0 saturated carbocycles. The smallest absolute Gasteiger partial charge is 0.408 e. The predicted molar refractivity (Wildman–Crippen MR) is 91.7 cm³/mol. The van der Waals surface area contributed by atoms with Crippen molar-refractivity contribution in [2.75, 3.05) is 13.1 Å². The summed E-state index contributed by atoms with van der Waals surface area (Å²) in [5.74, 6) is -0.389. The van der Waals surface area contributed by atoms with Crippen LogP contribution in [0.1, 0.15) is 44.7 Å². The summed E-state index contributed by atoms with van der Waals surface area (Å²) in [4.78, 5) is 27.7.